The Bertz CT molecular complexity index is 763. The van der Waals surface area contributed by atoms with Crippen molar-refractivity contribution in [2.75, 3.05) is 16.8 Å². The van der Waals surface area contributed by atoms with Gasteiger partial charge in [-0.2, -0.15) is 0 Å². The van der Waals surface area contributed by atoms with E-state index in [9.17, 15) is 9.59 Å². The first kappa shape index (κ1) is 15.8. The van der Waals surface area contributed by atoms with E-state index in [2.05, 4.69) is 27.9 Å². The zero-order valence-electron chi connectivity index (χ0n) is 12.5. The molecule has 2 aromatic rings. The van der Waals surface area contributed by atoms with Crippen LogP contribution in [-0.2, 0) is 9.59 Å². The molecule has 1 aliphatic rings. The summed E-state index contributed by atoms with van der Waals surface area (Å²) < 4.78 is 6.60. The Labute approximate surface area is 147 Å². The minimum absolute atomic E-state index is 0.0466. The largest absolute Gasteiger partial charge is 0.479 e. The van der Waals surface area contributed by atoms with E-state index >= 15 is 0 Å². The number of para-hydroxylation sites is 2. The third-order valence-electron chi connectivity index (χ3n) is 3.48. The lowest BCUT2D eigenvalue weighted by molar-refractivity contribution is -0.127. The second-order valence-electron chi connectivity index (χ2n) is 5.21. The summed E-state index contributed by atoms with van der Waals surface area (Å²) in [6.07, 6.45) is -0.602. The lowest BCUT2D eigenvalue weighted by Crippen LogP contribution is -2.47. The molecule has 0 fully saturated rings. The predicted molar refractivity (Wildman–Crippen MR) is 96.7 cm³/mol. The van der Waals surface area contributed by atoms with Crippen LogP contribution in [0, 0.1) is 3.57 Å². The normalized spacial score (nSPS) is 16.5. The van der Waals surface area contributed by atoms with Crippen LogP contribution in [0.15, 0.2) is 48.5 Å². The van der Waals surface area contributed by atoms with E-state index in [1.165, 1.54) is 4.90 Å². The number of anilines is 2. The molecule has 2 amide bonds. The molecule has 0 spiro atoms. The summed E-state index contributed by atoms with van der Waals surface area (Å²) in [6, 6.07) is 14.7. The highest BCUT2D eigenvalue weighted by Crippen LogP contribution is 2.33. The van der Waals surface area contributed by atoms with E-state index in [-0.39, 0.29) is 18.4 Å². The first-order chi connectivity index (χ1) is 11.0. The molecule has 1 N–H and O–H groups in total. The zero-order chi connectivity index (χ0) is 16.4. The van der Waals surface area contributed by atoms with Crippen molar-refractivity contribution in [1.82, 2.24) is 0 Å². The van der Waals surface area contributed by atoms with Gasteiger partial charge in [0.15, 0.2) is 6.10 Å². The molecule has 0 saturated heterocycles. The highest BCUT2D eigenvalue weighted by Gasteiger charge is 2.32. The molecule has 6 heteroatoms. The van der Waals surface area contributed by atoms with Gasteiger partial charge in [-0.05, 0) is 59.8 Å². The van der Waals surface area contributed by atoms with Gasteiger partial charge in [0.2, 0.25) is 5.91 Å². The number of carbonyl (C=O) groups is 2. The lowest BCUT2D eigenvalue weighted by atomic mass is 10.2. The molecule has 23 heavy (non-hydrogen) atoms. The molecular formula is C17H15IN2O3. The van der Waals surface area contributed by atoms with E-state index in [0.29, 0.717) is 17.1 Å². The monoisotopic (exact) mass is 422 g/mol. The SMILES string of the molecule is C[C@H]1Oc2ccccc2N(CC(=O)Nc2cccc(I)c2)C1=O. The number of fused-ring (bicyclic) bond motifs is 1. The average molecular weight is 422 g/mol. The third-order valence-corrected chi connectivity index (χ3v) is 4.15. The second kappa shape index (κ2) is 6.57. The van der Waals surface area contributed by atoms with Crippen LogP contribution in [0.1, 0.15) is 6.92 Å². The van der Waals surface area contributed by atoms with E-state index in [1.807, 2.05) is 36.4 Å². The number of nitrogens with zero attached hydrogens (tertiary/aromatic N) is 1. The molecule has 1 heterocycles. The van der Waals surface area contributed by atoms with Crippen LogP contribution in [0.5, 0.6) is 5.75 Å². The standard InChI is InChI=1S/C17H15IN2O3/c1-11-17(22)20(14-7-2-3-8-15(14)23-11)10-16(21)19-13-6-4-5-12(18)9-13/h2-9,11H,10H2,1H3,(H,19,21)/t11-/m1/s1. The smallest absolute Gasteiger partial charge is 0.268 e. The highest BCUT2D eigenvalue weighted by molar-refractivity contribution is 14.1. The van der Waals surface area contributed by atoms with Crippen LogP contribution >= 0.6 is 22.6 Å². The van der Waals surface area contributed by atoms with E-state index in [1.54, 1.807) is 19.1 Å². The van der Waals surface area contributed by atoms with Crippen molar-refractivity contribution >= 4 is 45.8 Å². The molecule has 3 rings (SSSR count). The van der Waals surface area contributed by atoms with Crippen LogP contribution in [0.4, 0.5) is 11.4 Å². The zero-order valence-corrected chi connectivity index (χ0v) is 14.6. The van der Waals surface area contributed by atoms with E-state index < -0.39 is 6.10 Å². The fourth-order valence-corrected chi connectivity index (χ4v) is 2.98. The van der Waals surface area contributed by atoms with Crippen LogP contribution < -0.4 is 15.0 Å². The Morgan fingerprint density at radius 2 is 2.04 bits per heavy atom. The Kier molecular flexibility index (Phi) is 4.51. The number of rotatable bonds is 3. The van der Waals surface area contributed by atoms with Gasteiger partial charge in [0, 0.05) is 9.26 Å². The van der Waals surface area contributed by atoms with Gasteiger partial charge < -0.3 is 10.1 Å². The summed E-state index contributed by atoms with van der Waals surface area (Å²) in [7, 11) is 0. The molecule has 2 aromatic carbocycles. The number of hydrogen-bond acceptors (Lipinski definition) is 3. The molecule has 0 radical (unpaired) electrons. The summed E-state index contributed by atoms with van der Waals surface area (Å²) in [5.41, 5.74) is 1.33. The fraction of sp³-hybridized carbons (Fsp3) is 0.176. The quantitative estimate of drug-likeness (QED) is 0.774. The number of ether oxygens (including phenoxy) is 1. The number of benzene rings is 2. The van der Waals surface area contributed by atoms with Gasteiger partial charge in [0.05, 0.1) is 5.69 Å². The van der Waals surface area contributed by atoms with Crippen LogP contribution in [-0.4, -0.2) is 24.5 Å². The predicted octanol–water partition coefficient (Wildman–Crippen LogP) is 3.04. The molecule has 118 valence electrons. The highest BCUT2D eigenvalue weighted by atomic mass is 127. The van der Waals surface area contributed by atoms with Crippen LogP contribution in [0.25, 0.3) is 0 Å². The maximum atomic E-state index is 12.3. The number of hydrogen-bond donors (Lipinski definition) is 1. The van der Waals surface area contributed by atoms with Crippen LogP contribution in [0.3, 0.4) is 0 Å². The van der Waals surface area contributed by atoms with Crippen LogP contribution in [0.2, 0.25) is 0 Å². The maximum Gasteiger partial charge on any atom is 0.268 e. The van der Waals surface area contributed by atoms with E-state index in [4.69, 9.17) is 4.74 Å². The van der Waals surface area contributed by atoms with E-state index in [0.717, 1.165) is 3.57 Å². The van der Waals surface area contributed by atoms with Gasteiger partial charge in [-0.1, -0.05) is 18.2 Å². The molecular weight excluding hydrogens is 407 g/mol. The third kappa shape index (κ3) is 3.47. The van der Waals surface area contributed by atoms with Crippen molar-refractivity contribution in [3.05, 3.63) is 52.1 Å². The summed E-state index contributed by atoms with van der Waals surface area (Å²) in [5.74, 6) is 0.146. The number of carbonyl (C=O) groups excluding carboxylic acids is 2. The topological polar surface area (TPSA) is 58.6 Å². The first-order valence-electron chi connectivity index (χ1n) is 7.17. The molecule has 0 aliphatic carbocycles. The summed E-state index contributed by atoms with van der Waals surface area (Å²) in [5, 5.41) is 2.82. The minimum atomic E-state index is -0.602. The Hall–Kier alpha value is -2.09. The van der Waals surface area contributed by atoms with Gasteiger partial charge in [-0.3, -0.25) is 14.5 Å². The maximum absolute atomic E-state index is 12.3. The van der Waals surface area contributed by atoms with Gasteiger partial charge >= 0.3 is 0 Å². The molecule has 5 nitrogen and oxygen atoms in total. The van der Waals surface area contributed by atoms with Crippen molar-refractivity contribution in [3.63, 3.8) is 0 Å². The molecule has 0 aromatic heterocycles. The summed E-state index contributed by atoms with van der Waals surface area (Å²) in [6.45, 7) is 1.64. The molecule has 0 saturated carbocycles. The van der Waals surface area contributed by atoms with Crippen molar-refractivity contribution in [1.29, 1.82) is 0 Å². The Balaban J connectivity index is 1.78. The molecule has 1 aliphatic heterocycles. The molecule has 1 atom stereocenters. The van der Waals surface area contributed by atoms with Crippen molar-refractivity contribution in [2.24, 2.45) is 0 Å². The van der Waals surface area contributed by atoms with Gasteiger partial charge in [0.1, 0.15) is 12.3 Å². The Morgan fingerprint density at radius 1 is 1.26 bits per heavy atom. The fourth-order valence-electron chi connectivity index (χ4n) is 2.43. The van der Waals surface area contributed by atoms with Crippen molar-refractivity contribution in [2.45, 2.75) is 13.0 Å². The number of nitrogens with one attached hydrogen (secondary N) is 1. The van der Waals surface area contributed by atoms with Crippen molar-refractivity contribution < 1.29 is 14.3 Å². The first-order valence-corrected chi connectivity index (χ1v) is 8.25. The van der Waals surface area contributed by atoms with Crippen molar-refractivity contribution in [3.8, 4) is 5.75 Å². The average Bonchev–Trinajstić information content (AvgIpc) is 2.52. The number of halogens is 1. The minimum Gasteiger partial charge on any atom is -0.479 e. The lowest BCUT2D eigenvalue weighted by Gasteiger charge is -2.32. The summed E-state index contributed by atoms with van der Waals surface area (Å²) >= 11 is 2.18. The van der Waals surface area contributed by atoms with Gasteiger partial charge in [-0.15, -0.1) is 0 Å². The number of amides is 2. The van der Waals surface area contributed by atoms with Gasteiger partial charge in [0.25, 0.3) is 5.91 Å². The van der Waals surface area contributed by atoms with Gasteiger partial charge in [-0.25, -0.2) is 0 Å². The summed E-state index contributed by atoms with van der Waals surface area (Å²) in [4.78, 5) is 26.1. The Morgan fingerprint density at radius 3 is 2.83 bits per heavy atom. The molecule has 0 unspecified atom stereocenters. The second-order valence-corrected chi connectivity index (χ2v) is 6.46. The molecule has 0 bridgehead atoms.